The number of carbonyl (C=O) groups excluding carboxylic acids is 1. The Kier molecular flexibility index (Phi) is 7.91. The van der Waals surface area contributed by atoms with E-state index in [0.29, 0.717) is 32.7 Å². The van der Waals surface area contributed by atoms with Crippen LogP contribution in [0.1, 0.15) is 30.2 Å². The van der Waals surface area contributed by atoms with E-state index >= 15 is 0 Å². The lowest BCUT2D eigenvalue weighted by molar-refractivity contribution is -0.121. The number of thiophene rings is 1. The topological polar surface area (TPSA) is 64.3 Å². The quantitative estimate of drug-likeness (QED) is 0.587. The molecular weight excluding hydrogens is 260 g/mol. The average molecular weight is 280 g/mol. The van der Waals surface area contributed by atoms with Gasteiger partial charge in [0.1, 0.15) is 0 Å². The minimum absolute atomic E-state index is 0.0581. The largest absolute Gasteiger partial charge is 0.382 e. The van der Waals surface area contributed by atoms with E-state index in [-0.39, 0.29) is 5.91 Å². The molecule has 0 saturated carbocycles. The van der Waals surface area contributed by atoms with Crippen molar-refractivity contribution < 1.29 is 9.53 Å². The van der Waals surface area contributed by atoms with E-state index in [1.54, 1.807) is 11.3 Å². The normalized spacial score (nSPS) is 9.79. The van der Waals surface area contributed by atoms with Gasteiger partial charge in [-0.25, -0.2) is 0 Å². The van der Waals surface area contributed by atoms with Gasteiger partial charge in [0.2, 0.25) is 5.91 Å². The molecule has 3 N–H and O–H groups in total. The second-order valence-corrected chi connectivity index (χ2v) is 4.88. The molecule has 0 unspecified atom stereocenters. The van der Waals surface area contributed by atoms with Gasteiger partial charge in [0.25, 0.3) is 0 Å². The van der Waals surface area contributed by atoms with Gasteiger partial charge in [0.15, 0.2) is 0 Å². The summed E-state index contributed by atoms with van der Waals surface area (Å²) in [6, 6.07) is 1.98. The van der Waals surface area contributed by atoms with Crippen molar-refractivity contribution in [2.75, 3.05) is 19.8 Å². The van der Waals surface area contributed by atoms with Gasteiger partial charge in [0.05, 0.1) is 13.1 Å². The van der Waals surface area contributed by atoms with Crippen LogP contribution < -0.4 is 11.1 Å². The smallest absolute Gasteiger partial charge is 0.220 e. The van der Waals surface area contributed by atoms with Crippen LogP contribution in [0.5, 0.6) is 0 Å². The van der Waals surface area contributed by atoms with E-state index in [4.69, 9.17) is 10.5 Å². The predicted molar refractivity (Wildman–Crippen MR) is 77.8 cm³/mol. The first-order valence-corrected chi connectivity index (χ1v) is 7.25. The highest BCUT2D eigenvalue weighted by molar-refractivity contribution is 7.10. The number of hydrogen-bond acceptors (Lipinski definition) is 4. The lowest BCUT2D eigenvalue weighted by atomic mass is 10.3. The van der Waals surface area contributed by atoms with Crippen LogP contribution in [0.4, 0.5) is 0 Å². The van der Waals surface area contributed by atoms with Crippen molar-refractivity contribution in [2.24, 2.45) is 5.73 Å². The van der Waals surface area contributed by atoms with Gasteiger partial charge >= 0.3 is 0 Å². The Hall–Kier alpha value is -1.35. The Morgan fingerprint density at radius 2 is 2.42 bits per heavy atom. The van der Waals surface area contributed by atoms with Gasteiger partial charge in [-0.2, -0.15) is 0 Å². The molecule has 1 rings (SSSR count). The third-order valence-electron chi connectivity index (χ3n) is 2.34. The number of amides is 1. The second kappa shape index (κ2) is 9.56. The molecule has 0 aliphatic heterocycles. The summed E-state index contributed by atoms with van der Waals surface area (Å²) in [6.07, 6.45) is 1.27. The van der Waals surface area contributed by atoms with E-state index in [1.165, 1.54) is 0 Å². The van der Waals surface area contributed by atoms with E-state index in [2.05, 4.69) is 17.2 Å². The Morgan fingerprint density at radius 3 is 3.16 bits per heavy atom. The zero-order chi connectivity index (χ0) is 13.9. The van der Waals surface area contributed by atoms with Crippen molar-refractivity contribution in [2.45, 2.75) is 26.3 Å². The van der Waals surface area contributed by atoms with Gasteiger partial charge in [-0.1, -0.05) is 11.8 Å². The summed E-state index contributed by atoms with van der Waals surface area (Å²) in [5.74, 6) is 5.83. The Balaban J connectivity index is 2.24. The van der Waals surface area contributed by atoms with Crippen LogP contribution in [0.25, 0.3) is 0 Å². The summed E-state index contributed by atoms with van der Waals surface area (Å²) in [5.41, 5.74) is 6.27. The molecule has 0 atom stereocenters. The van der Waals surface area contributed by atoms with Gasteiger partial charge < -0.3 is 15.8 Å². The molecular formula is C14H20N2O2S. The summed E-state index contributed by atoms with van der Waals surface area (Å²) >= 11 is 1.59. The number of rotatable bonds is 7. The zero-order valence-electron chi connectivity index (χ0n) is 11.2. The second-order valence-electron chi connectivity index (χ2n) is 3.88. The van der Waals surface area contributed by atoms with Crippen LogP contribution in [0.2, 0.25) is 0 Å². The summed E-state index contributed by atoms with van der Waals surface area (Å²) in [4.78, 5) is 12.6. The van der Waals surface area contributed by atoms with Crippen LogP contribution in [0.3, 0.4) is 0 Å². The van der Waals surface area contributed by atoms with Crippen molar-refractivity contribution in [3.8, 4) is 11.8 Å². The molecule has 0 aromatic carbocycles. The lowest BCUT2D eigenvalue weighted by Gasteiger charge is -2.03. The van der Waals surface area contributed by atoms with Gasteiger partial charge in [-0.3, -0.25) is 4.79 Å². The van der Waals surface area contributed by atoms with Crippen LogP contribution >= 0.6 is 11.3 Å². The highest BCUT2D eigenvalue weighted by Crippen LogP contribution is 2.13. The molecule has 104 valence electrons. The fourth-order valence-electron chi connectivity index (χ4n) is 1.45. The Morgan fingerprint density at radius 1 is 1.58 bits per heavy atom. The minimum Gasteiger partial charge on any atom is -0.382 e. The molecule has 0 saturated heterocycles. The van der Waals surface area contributed by atoms with Crippen LogP contribution in [-0.2, 0) is 16.1 Å². The Bertz CT molecular complexity index is 446. The van der Waals surface area contributed by atoms with E-state index in [0.717, 1.165) is 16.9 Å². The van der Waals surface area contributed by atoms with Gasteiger partial charge in [0, 0.05) is 35.5 Å². The maximum atomic E-state index is 11.6. The molecule has 0 spiro atoms. The highest BCUT2D eigenvalue weighted by atomic mass is 32.1. The molecule has 1 heterocycles. The summed E-state index contributed by atoms with van der Waals surface area (Å²) in [5, 5.41) is 4.86. The molecule has 0 fully saturated rings. The van der Waals surface area contributed by atoms with E-state index in [1.807, 2.05) is 18.4 Å². The minimum atomic E-state index is 0.0581. The molecule has 1 aromatic rings. The third kappa shape index (κ3) is 6.97. The van der Waals surface area contributed by atoms with Crippen molar-refractivity contribution in [1.82, 2.24) is 5.32 Å². The van der Waals surface area contributed by atoms with Crippen LogP contribution in [-0.4, -0.2) is 25.7 Å². The standard InChI is InChI=1S/C14H20N2O2S/c1-2-18-8-4-6-14(17)16-10-13-9-12(11-19-13)5-3-7-15/h9,11H,2,4,6-8,10,15H2,1H3,(H,16,17). The van der Waals surface area contributed by atoms with Crippen LogP contribution in [0, 0.1) is 11.8 Å². The average Bonchev–Trinajstić information content (AvgIpc) is 2.87. The first-order chi connectivity index (χ1) is 9.26. The number of nitrogens with one attached hydrogen (secondary N) is 1. The molecule has 5 heteroatoms. The fraction of sp³-hybridized carbons (Fsp3) is 0.500. The van der Waals surface area contributed by atoms with Crippen molar-refractivity contribution >= 4 is 17.2 Å². The number of ether oxygens (including phenoxy) is 1. The molecule has 1 amide bonds. The SMILES string of the molecule is CCOCCCC(=O)NCc1cc(C#CCN)cs1. The van der Waals surface area contributed by atoms with E-state index in [9.17, 15) is 4.79 Å². The monoisotopic (exact) mass is 280 g/mol. The van der Waals surface area contributed by atoms with Gasteiger partial charge in [-0.15, -0.1) is 11.3 Å². The number of hydrogen-bond donors (Lipinski definition) is 2. The lowest BCUT2D eigenvalue weighted by Crippen LogP contribution is -2.22. The zero-order valence-corrected chi connectivity index (χ0v) is 12.0. The van der Waals surface area contributed by atoms with Crippen molar-refractivity contribution in [3.05, 3.63) is 21.9 Å². The van der Waals surface area contributed by atoms with Gasteiger partial charge in [-0.05, 0) is 19.4 Å². The predicted octanol–water partition coefficient (Wildman–Crippen LogP) is 1.49. The molecule has 0 radical (unpaired) electrons. The molecule has 0 bridgehead atoms. The summed E-state index contributed by atoms with van der Waals surface area (Å²) in [7, 11) is 0. The summed E-state index contributed by atoms with van der Waals surface area (Å²) < 4.78 is 5.18. The number of nitrogens with two attached hydrogens (primary N) is 1. The molecule has 4 nitrogen and oxygen atoms in total. The first-order valence-electron chi connectivity index (χ1n) is 6.37. The number of carbonyl (C=O) groups is 1. The molecule has 19 heavy (non-hydrogen) atoms. The molecule has 0 aliphatic rings. The van der Waals surface area contributed by atoms with Crippen molar-refractivity contribution in [1.29, 1.82) is 0 Å². The highest BCUT2D eigenvalue weighted by Gasteiger charge is 2.03. The van der Waals surface area contributed by atoms with E-state index < -0.39 is 0 Å². The maximum absolute atomic E-state index is 11.6. The molecule has 0 aliphatic carbocycles. The first kappa shape index (κ1) is 15.7. The third-order valence-corrected chi connectivity index (χ3v) is 3.28. The fourth-order valence-corrected chi connectivity index (χ4v) is 2.20. The Labute approximate surface area is 118 Å². The molecule has 1 aromatic heterocycles. The maximum Gasteiger partial charge on any atom is 0.220 e. The summed E-state index contributed by atoms with van der Waals surface area (Å²) in [6.45, 7) is 4.21. The van der Waals surface area contributed by atoms with Crippen molar-refractivity contribution in [3.63, 3.8) is 0 Å². The van der Waals surface area contributed by atoms with Crippen LogP contribution in [0.15, 0.2) is 11.4 Å².